The van der Waals surface area contributed by atoms with E-state index in [2.05, 4.69) is 21.4 Å². The molecule has 2 aromatic rings. The lowest BCUT2D eigenvalue weighted by molar-refractivity contribution is -0.126. The summed E-state index contributed by atoms with van der Waals surface area (Å²) in [5.74, 6) is 0.0894. The monoisotopic (exact) mass is 447 g/mol. The molecule has 6 rings (SSSR count). The lowest BCUT2D eigenvalue weighted by Gasteiger charge is -2.24. The van der Waals surface area contributed by atoms with Gasteiger partial charge in [-0.3, -0.25) is 14.8 Å². The summed E-state index contributed by atoms with van der Waals surface area (Å²) in [4.78, 5) is 31.5. The summed E-state index contributed by atoms with van der Waals surface area (Å²) in [5, 5.41) is 5.43. The number of hydrogen-bond acceptors (Lipinski definition) is 5. The third kappa shape index (κ3) is 3.17. The molecule has 1 saturated heterocycles. The average molecular weight is 448 g/mol. The molecule has 8 bridgehead atoms. The van der Waals surface area contributed by atoms with E-state index in [-0.39, 0.29) is 5.78 Å². The molecular formula is C28H25N5O. The molecular weight excluding hydrogens is 422 g/mol. The van der Waals surface area contributed by atoms with Crippen molar-refractivity contribution < 1.29 is 4.79 Å². The zero-order valence-corrected chi connectivity index (χ0v) is 19.3. The third-order valence-electron chi connectivity index (χ3n) is 6.83. The van der Waals surface area contributed by atoms with Crippen molar-refractivity contribution in [3.05, 3.63) is 101 Å². The lowest BCUT2D eigenvalue weighted by atomic mass is 9.79. The first-order valence-corrected chi connectivity index (χ1v) is 11.4. The summed E-state index contributed by atoms with van der Waals surface area (Å²) >= 11 is 0. The molecule has 1 fully saturated rings. The van der Waals surface area contributed by atoms with Gasteiger partial charge < -0.3 is 10.3 Å². The molecule has 0 radical (unpaired) electrons. The van der Waals surface area contributed by atoms with Crippen LogP contribution in [0.1, 0.15) is 26.5 Å². The van der Waals surface area contributed by atoms with Gasteiger partial charge in [-0.2, -0.15) is 0 Å². The van der Waals surface area contributed by atoms with Gasteiger partial charge in [-0.25, -0.2) is 4.99 Å². The zero-order chi connectivity index (χ0) is 23.6. The molecule has 0 saturated carbocycles. The minimum Gasteiger partial charge on any atom is -0.373 e. The fourth-order valence-corrected chi connectivity index (χ4v) is 5.05. The number of pyridine rings is 1. The molecule has 2 N–H and O–H groups in total. The van der Waals surface area contributed by atoms with Crippen LogP contribution in [0.4, 0.5) is 0 Å². The highest BCUT2D eigenvalue weighted by molar-refractivity contribution is 6.20. The number of allylic oxidation sites excluding steroid dienone is 4. The summed E-state index contributed by atoms with van der Waals surface area (Å²) in [6.07, 6.45) is 17.7. The number of carbonyl (C=O) groups excluding carboxylic acids is 1. The minimum atomic E-state index is -0.892. The van der Waals surface area contributed by atoms with Gasteiger partial charge in [0.1, 0.15) is 11.1 Å². The van der Waals surface area contributed by atoms with E-state index in [0.717, 1.165) is 39.2 Å². The van der Waals surface area contributed by atoms with Crippen LogP contribution >= 0.6 is 0 Å². The number of aromatic amines is 1. The van der Waals surface area contributed by atoms with E-state index < -0.39 is 16.5 Å². The van der Waals surface area contributed by atoms with Crippen molar-refractivity contribution in [1.82, 2.24) is 15.3 Å². The number of aliphatic imine (C=N–C) groups is 2. The van der Waals surface area contributed by atoms with E-state index in [0.29, 0.717) is 0 Å². The molecule has 4 aliphatic heterocycles. The molecule has 0 amide bonds. The van der Waals surface area contributed by atoms with Crippen LogP contribution in [0, 0.1) is 5.41 Å². The Morgan fingerprint density at radius 1 is 0.882 bits per heavy atom. The number of aromatic nitrogens is 2. The van der Waals surface area contributed by atoms with E-state index in [1.807, 2.05) is 93.6 Å². The summed E-state index contributed by atoms with van der Waals surface area (Å²) < 4.78 is 0. The number of H-pyrrole nitrogens is 1. The highest BCUT2D eigenvalue weighted by Gasteiger charge is 2.52. The Bertz CT molecular complexity index is 1530. The number of rotatable bonds is 1. The van der Waals surface area contributed by atoms with Gasteiger partial charge in [0.25, 0.3) is 0 Å². The van der Waals surface area contributed by atoms with Crippen LogP contribution in [0.2, 0.25) is 0 Å². The first-order chi connectivity index (χ1) is 16.3. The number of nitrogens with zero attached hydrogens (tertiary/aromatic N) is 3. The van der Waals surface area contributed by atoms with E-state index >= 15 is 0 Å². The topological polar surface area (TPSA) is 82.5 Å². The van der Waals surface area contributed by atoms with Crippen LogP contribution in [-0.2, 0) is 10.3 Å². The Kier molecular flexibility index (Phi) is 4.21. The Balaban J connectivity index is 1.63. The predicted molar refractivity (Wildman–Crippen MR) is 135 cm³/mol. The standard InChI is InChI=1S/C28H25N5O/c1-26(2)24-17-28(23-6-4-5-13-29-23)12-11-21(32-28)15-20-8-7-18(30-20)14-19-9-10-22(31-19)16-27(3,33-24)25(26)34/h4-17,30,33H,1-3H3. The van der Waals surface area contributed by atoms with Crippen molar-refractivity contribution in [3.63, 3.8) is 0 Å². The normalized spacial score (nSPS) is 28.4. The average Bonchev–Trinajstić information content (AvgIpc) is 3.57. The zero-order valence-electron chi connectivity index (χ0n) is 19.3. The molecule has 2 atom stereocenters. The summed E-state index contributed by atoms with van der Waals surface area (Å²) in [5.41, 5.74) is 1.61. The SMILES string of the molecule is CC12C=C3C=CC(=N3)C=c3ccc([nH]3)=CC3=NC(c4ccccn4)(C=C3)C=C(N1)C(C)(C)C2=O. The Morgan fingerprint density at radius 3 is 2.44 bits per heavy atom. The van der Waals surface area contributed by atoms with Crippen molar-refractivity contribution in [1.29, 1.82) is 0 Å². The van der Waals surface area contributed by atoms with Gasteiger partial charge in [0.05, 0.1) is 28.2 Å². The van der Waals surface area contributed by atoms with Gasteiger partial charge in [-0.05, 0) is 93.6 Å². The summed E-state index contributed by atoms with van der Waals surface area (Å²) in [7, 11) is 0. The third-order valence-corrected chi connectivity index (χ3v) is 6.83. The largest absolute Gasteiger partial charge is 0.373 e. The van der Waals surface area contributed by atoms with Crippen LogP contribution < -0.4 is 16.0 Å². The van der Waals surface area contributed by atoms with Gasteiger partial charge >= 0.3 is 0 Å². The van der Waals surface area contributed by atoms with Crippen molar-refractivity contribution in [2.75, 3.05) is 0 Å². The quantitative estimate of drug-likeness (QED) is 0.705. The molecule has 6 heterocycles. The number of carbonyl (C=O) groups is 1. The molecule has 2 unspecified atom stereocenters. The van der Waals surface area contributed by atoms with Crippen molar-refractivity contribution in [2.45, 2.75) is 31.8 Å². The van der Waals surface area contributed by atoms with Gasteiger partial charge in [-0.1, -0.05) is 6.07 Å². The maximum atomic E-state index is 13.7. The summed E-state index contributed by atoms with van der Waals surface area (Å²) in [6.45, 7) is 5.83. The van der Waals surface area contributed by atoms with Crippen LogP contribution in [0.15, 0.2) is 94.4 Å². The highest BCUT2D eigenvalue weighted by atomic mass is 16.1. The van der Waals surface area contributed by atoms with Gasteiger partial charge in [-0.15, -0.1) is 0 Å². The Labute approximate surface area is 197 Å². The number of ketones is 1. The van der Waals surface area contributed by atoms with Crippen LogP contribution in [0.25, 0.3) is 12.2 Å². The van der Waals surface area contributed by atoms with E-state index in [9.17, 15) is 4.79 Å². The molecule has 168 valence electrons. The molecule has 0 spiro atoms. The molecule has 6 heteroatoms. The molecule has 6 nitrogen and oxygen atoms in total. The number of Topliss-reactive ketones (excluding diaryl/α,β-unsaturated/α-hetero) is 1. The van der Waals surface area contributed by atoms with Gasteiger partial charge in [0.15, 0.2) is 5.78 Å². The van der Waals surface area contributed by atoms with Crippen LogP contribution in [0.3, 0.4) is 0 Å². The van der Waals surface area contributed by atoms with Crippen LogP contribution in [-0.4, -0.2) is 32.7 Å². The van der Waals surface area contributed by atoms with Gasteiger partial charge in [0.2, 0.25) is 0 Å². The molecule has 2 aromatic heterocycles. The van der Waals surface area contributed by atoms with E-state index in [4.69, 9.17) is 9.98 Å². The first kappa shape index (κ1) is 20.5. The number of fused-ring (bicyclic) bond motifs is 6. The fraction of sp³-hybridized carbons (Fsp3) is 0.214. The second-order valence-electron chi connectivity index (χ2n) is 9.85. The maximum absolute atomic E-state index is 13.7. The smallest absolute Gasteiger partial charge is 0.173 e. The number of hydrogen-bond donors (Lipinski definition) is 2. The van der Waals surface area contributed by atoms with Crippen molar-refractivity contribution in [3.8, 4) is 0 Å². The fourth-order valence-electron chi connectivity index (χ4n) is 5.05. The van der Waals surface area contributed by atoms with E-state index in [1.165, 1.54) is 0 Å². The van der Waals surface area contributed by atoms with Crippen LogP contribution in [0.5, 0.6) is 0 Å². The van der Waals surface area contributed by atoms with E-state index in [1.54, 1.807) is 6.20 Å². The van der Waals surface area contributed by atoms with Gasteiger partial charge in [0, 0.05) is 22.6 Å². The second kappa shape index (κ2) is 6.97. The molecule has 0 aliphatic carbocycles. The molecule has 0 aromatic carbocycles. The Hall–Kier alpha value is -4.06. The minimum absolute atomic E-state index is 0.0894. The Morgan fingerprint density at radius 2 is 1.68 bits per heavy atom. The second-order valence-corrected chi connectivity index (χ2v) is 9.85. The van der Waals surface area contributed by atoms with Crippen molar-refractivity contribution >= 4 is 29.4 Å². The first-order valence-electron chi connectivity index (χ1n) is 11.4. The molecule has 34 heavy (non-hydrogen) atoms. The highest BCUT2D eigenvalue weighted by Crippen LogP contribution is 2.43. The maximum Gasteiger partial charge on any atom is 0.173 e. The van der Waals surface area contributed by atoms with Crippen molar-refractivity contribution in [2.24, 2.45) is 15.4 Å². The number of nitrogens with one attached hydrogen (secondary N) is 2. The predicted octanol–water partition coefficient (Wildman–Crippen LogP) is 2.63. The summed E-state index contributed by atoms with van der Waals surface area (Å²) in [6, 6.07) is 9.87. The molecule has 4 aliphatic rings. The lowest BCUT2D eigenvalue weighted by Crippen LogP contribution is -2.41.